The smallest absolute Gasteiger partial charge is 0.251 e. The molecule has 0 radical (unpaired) electrons. The molecule has 150 valence electrons. The number of carbonyl (C=O) groups is 1. The summed E-state index contributed by atoms with van der Waals surface area (Å²) in [5.74, 6) is 0.704. The highest BCUT2D eigenvalue weighted by molar-refractivity contribution is 6.30. The van der Waals surface area contributed by atoms with Gasteiger partial charge in [-0.3, -0.25) is 9.69 Å². The Hall–Kier alpha value is -2.63. The Kier molecular flexibility index (Phi) is 5.69. The number of rotatable bonds is 7. The number of methoxy groups -OCH3 is 1. The van der Waals surface area contributed by atoms with Gasteiger partial charge in [-0.25, -0.2) is 4.98 Å². The number of benzene rings is 2. The lowest BCUT2D eigenvalue weighted by Gasteiger charge is -2.23. The van der Waals surface area contributed by atoms with Crippen molar-refractivity contribution in [1.29, 1.82) is 0 Å². The van der Waals surface area contributed by atoms with Crippen molar-refractivity contribution < 1.29 is 9.53 Å². The number of fused-ring (bicyclic) bond motifs is 1. The molecule has 0 atom stereocenters. The van der Waals surface area contributed by atoms with Gasteiger partial charge in [-0.1, -0.05) is 23.7 Å². The Balaban J connectivity index is 1.54. The summed E-state index contributed by atoms with van der Waals surface area (Å²) in [5, 5.41) is 4.24. The molecule has 6 heteroatoms. The van der Waals surface area contributed by atoms with E-state index in [0.29, 0.717) is 16.8 Å². The van der Waals surface area contributed by atoms with Crippen LogP contribution in [-0.2, 0) is 13.1 Å². The molecule has 0 bridgehead atoms. The van der Waals surface area contributed by atoms with Gasteiger partial charge >= 0.3 is 0 Å². The van der Waals surface area contributed by atoms with Gasteiger partial charge in [-0.05, 0) is 48.7 Å². The molecule has 0 aliphatic heterocycles. The Bertz CT molecular complexity index is 1030. The molecular formula is C23H24ClN3O2. The van der Waals surface area contributed by atoms with Crippen molar-refractivity contribution in [3.05, 3.63) is 70.4 Å². The second-order valence-electron chi connectivity index (χ2n) is 7.41. The molecule has 4 rings (SSSR count). The minimum Gasteiger partial charge on any atom is -0.497 e. The summed E-state index contributed by atoms with van der Waals surface area (Å²) in [6.45, 7) is 1.56. The molecule has 0 unspecified atom stereocenters. The number of aromatic nitrogens is 1. The van der Waals surface area contributed by atoms with Crippen LogP contribution in [0, 0.1) is 0 Å². The van der Waals surface area contributed by atoms with E-state index in [1.165, 1.54) is 18.4 Å². The van der Waals surface area contributed by atoms with Crippen LogP contribution in [0.5, 0.6) is 5.75 Å². The van der Waals surface area contributed by atoms with Gasteiger partial charge in [0.1, 0.15) is 10.9 Å². The van der Waals surface area contributed by atoms with Crippen molar-refractivity contribution >= 4 is 28.4 Å². The maximum Gasteiger partial charge on any atom is 0.251 e. The van der Waals surface area contributed by atoms with Crippen molar-refractivity contribution in [3.8, 4) is 5.75 Å². The number of hydrogen-bond donors (Lipinski definition) is 1. The number of hydrogen-bond acceptors (Lipinski definition) is 4. The third kappa shape index (κ3) is 4.52. The topological polar surface area (TPSA) is 54.5 Å². The Morgan fingerprint density at radius 3 is 2.59 bits per heavy atom. The molecule has 5 nitrogen and oxygen atoms in total. The lowest BCUT2D eigenvalue weighted by molar-refractivity contribution is 0.0963. The standard InChI is InChI=1S/C23H24ClN3O2/c1-25-23(28)16-5-3-15(4-6-16)13-27(19-8-9-19)14-18-11-17-7-10-20(29-2)12-21(17)26-22(18)24/h3-7,10-12,19H,8-9,13-14H2,1-2H3,(H,25,28). The van der Waals surface area contributed by atoms with Crippen molar-refractivity contribution in [2.24, 2.45) is 0 Å². The first kappa shape index (κ1) is 19.7. The Morgan fingerprint density at radius 1 is 1.17 bits per heavy atom. The Labute approximate surface area is 175 Å². The summed E-state index contributed by atoms with van der Waals surface area (Å²) in [4.78, 5) is 18.8. The highest BCUT2D eigenvalue weighted by Crippen LogP contribution is 2.32. The zero-order chi connectivity index (χ0) is 20.4. The first-order valence-electron chi connectivity index (χ1n) is 9.75. The number of halogens is 1. The maximum absolute atomic E-state index is 11.7. The van der Waals surface area contributed by atoms with E-state index >= 15 is 0 Å². The average Bonchev–Trinajstić information content (AvgIpc) is 3.58. The van der Waals surface area contributed by atoms with Crippen molar-refractivity contribution in [2.75, 3.05) is 14.2 Å². The highest BCUT2D eigenvalue weighted by atomic mass is 35.5. The second kappa shape index (κ2) is 8.39. The lowest BCUT2D eigenvalue weighted by atomic mass is 10.1. The van der Waals surface area contributed by atoms with E-state index in [1.54, 1.807) is 14.2 Å². The fourth-order valence-corrected chi connectivity index (χ4v) is 3.72. The molecule has 2 aromatic carbocycles. The molecule has 1 N–H and O–H groups in total. The molecule has 3 aromatic rings. The van der Waals surface area contributed by atoms with Crippen LogP contribution in [0.1, 0.15) is 34.3 Å². The third-order valence-electron chi connectivity index (χ3n) is 5.32. The number of amides is 1. The first-order chi connectivity index (χ1) is 14.1. The number of carbonyl (C=O) groups excluding carboxylic acids is 1. The molecule has 1 saturated carbocycles. The highest BCUT2D eigenvalue weighted by Gasteiger charge is 2.29. The van der Waals surface area contributed by atoms with Crippen molar-refractivity contribution in [2.45, 2.75) is 32.0 Å². The summed E-state index contributed by atoms with van der Waals surface area (Å²) in [5.41, 5.74) is 3.71. The molecule has 1 heterocycles. The van der Waals surface area contributed by atoms with Gasteiger partial charge in [0.2, 0.25) is 0 Å². The molecule has 0 saturated heterocycles. The molecule has 29 heavy (non-hydrogen) atoms. The van der Waals surface area contributed by atoms with E-state index in [4.69, 9.17) is 16.3 Å². The quantitative estimate of drug-likeness (QED) is 0.587. The van der Waals surface area contributed by atoms with Gasteiger partial charge in [-0.2, -0.15) is 0 Å². The normalized spacial score (nSPS) is 13.7. The van der Waals surface area contributed by atoms with Crippen LogP contribution >= 0.6 is 11.6 Å². The fraction of sp³-hybridized carbons (Fsp3) is 0.304. The average molecular weight is 410 g/mol. The van der Waals surface area contributed by atoms with E-state index in [1.807, 2.05) is 42.5 Å². The van der Waals surface area contributed by atoms with Gasteiger partial charge in [-0.15, -0.1) is 0 Å². The van der Waals surface area contributed by atoms with Crippen LogP contribution in [0.15, 0.2) is 48.5 Å². The summed E-state index contributed by atoms with van der Waals surface area (Å²) < 4.78 is 5.28. The van der Waals surface area contributed by atoms with Gasteiger partial charge in [0.25, 0.3) is 5.91 Å². The molecule has 1 fully saturated rings. The van der Waals surface area contributed by atoms with Gasteiger partial charge in [0.15, 0.2) is 0 Å². The van der Waals surface area contributed by atoms with Crippen LogP contribution < -0.4 is 10.1 Å². The van der Waals surface area contributed by atoms with Crippen molar-refractivity contribution in [1.82, 2.24) is 15.2 Å². The second-order valence-corrected chi connectivity index (χ2v) is 7.77. The van der Waals surface area contributed by atoms with E-state index in [9.17, 15) is 4.79 Å². The van der Waals surface area contributed by atoms with Crippen LogP contribution in [0.25, 0.3) is 10.9 Å². The molecule has 0 spiro atoms. The molecular weight excluding hydrogens is 386 g/mol. The van der Waals surface area contributed by atoms with E-state index in [2.05, 4.69) is 21.3 Å². The Morgan fingerprint density at radius 2 is 1.93 bits per heavy atom. The minimum atomic E-state index is -0.0683. The lowest BCUT2D eigenvalue weighted by Crippen LogP contribution is -2.25. The molecule has 1 aliphatic rings. The van der Waals surface area contributed by atoms with Gasteiger partial charge in [0.05, 0.1) is 12.6 Å². The van der Waals surface area contributed by atoms with Crippen LogP contribution in [-0.4, -0.2) is 36.0 Å². The fourth-order valence-electron chi connectivity index (χ4n) is 3.52. The maximum atomic E-state index is 11.7. The summed E-state index contributed by atoms with van der Waals surface area (Å²) >= 11 is 6.52. The predicted octanol–water partition coefficient (Wildman–Crippen LogP) is 4.42. The molecule has 1 aliphatic carbocycles. The van der Waals surface area contributed by atoms with E-state index < -0.39 is 0 Å². The zero-order valence-electron chi connectivity index (χ0n) is 16.6. The number of nitrogens with one attached hydrogen (secondary N) is 1. The van der Waals surface area contributed by atoms with Crippen LogP contribution in [0.2, 0.25) is 5.15 Å². The van der Waals surface area contributed by atoms with Gasteiger partial charge in [0, 0.05) is 48.8 Å². The first-order valence-corrected chi connectivity index (χ1v) is 10.1. The van der Waals surface area contributed by atoms with E-state index in [0.717, 1.165) is 35.3 Å². The van der Waals surface area contributed by atoms with Gasteiger partial charge < -0.3 is 10.1 Å². The monoisotopic (exact) mass is 409 g/mol. The third-order valence-corrected chi connectivity index (χ3v) is 5.64. The summed E-state index contributed by atoms with van der Waals surface area (Å²) in [6, 6.07) is 16.3. The predicted molar refractivity (Wildman–Crippen MR) is 115 cm³/mol. The summed E-state index contributed by atoms with van der Waals surface area (Å²) in [7, 11) is 3.29. The minimum absolute atomic E-state index is 0.0683. The number of nitrogens with zero attached hydrogens (tertiary/aromatic N) is 2. The van der Waals surface area contributed by atoms with Crippen LogP contribution in [0.3, 0.4) is 0 Å². The van der Waals surface area contributed by atoms with E-state index in [-0.39, 0.29) is 5.91 Å². The molecule has 1 aromatic heterocycles. The van der Waals surface area contributed by atoms with Crippen LogP contribution in [0.4, 0.5) is 0 Å². The zero-order valence-corrected chi connectivity index (χ0v) is 17.4. The SMILES string of the molecule is CNC(=O)c1ccc(CN(Cc2cc3ccc(OC)cc3nc2Cl)C2CC2)cc1. The number of pyridine rings is 1. The summed E-state index contributed by atoms with van der Waals surface area (Å²) in [6.07, 6.45) is 2.40. The van der Waals surface area contributed by atoms with Crippen molar-refractivity contribution in [3.63, 3.8) is 0 Å². The number of ether oxygens (including phenoxy) is 1. The largest absolute Gasteiger partial charge is 0.497 e. The molecule has 1 amide bonds.